The largest absolute Gasteiger partial charge is 0.384 e. The third-order valence-corrected chi connectivity index (χ3v) is 5.35. The van der Waals surface area contributed by atoms with Crippen molar-refractivity contribution in [1.29, 1.82) is 0 Å². The van der Waals surface area contributed by atoms with Gasteiger partial charge in [-0.1, -0.05) is 6.92 Å². The zero-order valence-electron chi connectivity index (χ0n) is 12.1. The molecule has 0 unspecified atom stereocenters. The molecule has 1 heterocycles. The lowest BCUT2D eigenvalue weighted by molar-refractivity contribution is 0.261. The lowest BCUT2D eigenvalue weighted by Crippen LogP contribution is -2.33. The van der Waals surface area contributed by atoms with Gasteiger partial charge in [0.05, 0.1) is 6.26 Å². The molecule has 1 aliphatic heterocycles. The fourth-order valence-electron chi connectivity index (χ4n) is 3.54. The maximum atomic E-state index is 11.4. The van der Waals surface area contributed by atoms with E-state index in [0.29, 0.717) is 5.69 Å². The summed E-state index contributed by atoms with van der Waals surface area (Å²) in [7, 11) is -3.22. The first-order valence-corrected chi connectivity index (χ1v) is 9.13. The fourth-order valence-corrected chi connectivity index (χ4v) is 4.09. The van der Waals surface area contributed by atoms with Crippen LogP contribution in [0, 0.1) is 5.92 Å². The second-order valence-electron chi connectivity index (χ2n) is 6.45. The average molecular weight is 294 g/mol. The van der Waals surface area contributed by atoms with Crippen LogP contribution >= 0.6 is 0 Å². The predicted octanol–water partition coefficient (Wildman–Crippen LogP) is 2.93. The number of sulfonamides is 1. The summed E-state index contributed by atoms with van der Waals surface area (Å²) in [5.74, 6) is 0.807. The van der Waals surface area contributed by atoms with Crippen LogP contribution in [0.3, 0.4) is 0 Å². The number of hydrogen-bond donors (Lipinski definition) is 2. The first-order valence-electron chi connectivity index (χ1n) is 7.24. The summed E-state index contributed by atoms with van der Waals surface area (Å²) in [5.41, 5.74) is 3.33. The van der Waals surface area contributed by atoms with E-state index in [4.69, 9.17) is 0 Å². The molecule has 0 bridgehead atoms. The molecular weight excluding hydrogens is 272 g/mol. The van der Waals surface area contributed by atoms with Crippen molar-refractivity contribution in [3.63, 3.8) is 0 Å². The Morgan fingerprint density at radius 2 is 2.00 bits per heavy atom. The van der Waals surface area contributed by atoms with E-state index in [1.165, 1.54) is 43.2 Å². The molecule has 1 saturated carbocycles. The molecule has 1 fully saturated rings. The van der Waals surface area contributed by atoms with Crippen molar-refractivity contribution in [1.82, 2.24) is 0 Å². The van der Waals surface area contributed by atoms with E-state index < -0.39 is 10.0 Å². The number of hydrogen-bond acceptors (Lipinski definition) is 3. The van der Waals surface area contributed by atoms with Gasteiger partial charge in [-0.25, -0.2) is 8.42 Å². The predicted molar refractivity (Wildman–Crippen MR) is 82.7 cm³/mol. The Balaban J connectivity index is 1.93. The Hall–Kier alpha value is -1.23. The van der Waals surface area contributed by atoms with Crippen molar-refractivity contribution in [2.24, 2.45) is 5.92 Å². The molecule has 110 valence electrons. The van der Waals surface area contributed by atoms with Gasteiger partial charge in [0, 0.05) is 23.3 Å². The third kappa shape index (κ3) is 2.51. The highest BCUT2D eigenvalue weighted by atomic mass is 32.2. The van der Waals surface area contributed by atoms with E-state index in [2.05, 4.69) is 17.0 Å². The number of nitrogens with one attached hydrogen (secondary N) is 2. The number of rotatable bonds is 2. The van der Waals surface area contributed by atoms with Crippen LogP contribution in [0.2, 0.25) is 0 Å². The second kappa shape index (κ2) is 4.65. The Labute approximate surface area is 121 Å². The minimum absolute atomic E-state index is 0.205. The van der Waals surface area contributed by atoms with Gasteiger partial charge in [-0.2, -0.15) is 0 Å². The zero-order chi connectivity index (χ0) is 14.4. The van der Waals surface area contributed by atoms with Crippen molar-refractivity contribution in [2.75, 3.05) is 22.8 Å². The van der Waals surface area contributed by atoms with E-state index in [0.717, 1.165) is 12.5 Å². The van der Waals surface area contributed by atoms with Crippen LogP contribution in [0.4, 0.5) is 11.4 Å². The smallest absolute Gasteiger partial charge is 0.229 e. The summed E-state index contributed by atoms with van der Waals surface area (Å²) < 4.78 is 25.4. The molecule has 1 aromatic carbocycles. The summed E-state index contributed by atoms with van der Waals surface area (Å²) in [5, 5.41) is 3.49. The zero-order valence-corrected chi connectivity index (χ0v) is 12.9. The van der Waals surface area contributed by atoms with Gasteiger partial charge >= 0.3 is 0 Å². The van der Waals surface area contributed by atoms with E-state index in [9.17, 15) is 8.42 Å². The summed E-state index contributed by atoms with van der Waals surface area (Å²) in [4.78, 5) is 0. The summed E-state index contributed by atoms with van der Waals surface area (Å²) in [6.07, 6.45) is 6.08. The Morgan fingerprint density at radius 3 is 2.65 bits per heavy atom. The Morgan fingerprint density at radius 1 is 1.30 bits per heavy atom. The van der Waals surface area contributed by atoms with E-state index in [1.807, 2.05) is 18.2 Å². The summed E-state index contributed by atoms with van der Waals surface area (Å²) in [6, 6.07) is 5.85. The lowest BCUT2D eigenvalue weighted by Gasteiger charge is -2.36. The van der Waals surface area contributed by atoms with Crippen LogP contribution in [0.5, 0.6) is 0 Å². The lowest BCUT2D eigenvalue weighted by atomic mass is 9.68. The quantitative estimate of drug-likeness (QED) is 0.881. The normalized spacial score (nSPS) is 29.0. The fraction of sp³-hybridized carbons (Fsp3) is 0.600. The van der Waals surface area contributed by atoms with Crippen LogP contribution < -0.4 is 10.0 Å². The van der Waals surface area contributed by atoms with Crippen molar-refractivity contribution >= 4 is 21.4 Å². The van der Waals surface area contributed by atoms with Crippen LogP contribution in [-0.4, -0.2) is 21.2 Å². The first-order chi connectivity index (χ1) is 9.38. The maximum Gasteiger partial charge on any atom is 0.229 e. The van der Waals surface area contributed by atoms with Gasteiger partial charge in [0.15, 0.2) is 0 Å². The van der Waals surface area contributed by atoms with Crippen LogP contribution in [0.25, 0.3) is 0 Å². The first kappa shape index (κ1) is 13.7. The molecule has 0 aromatic heterocycles. The average Bonchev–Trinajstić information content (AvgIpc) is 2.70. The summed E-state index contributed by atoms with van der Waals surface area (Å²) in [6.45, 7) is 3.30. The molecular formula is C15H22N2O2S. The molecule has 4 nitrogen and oxygen atoms in total. The summed E-state index contributed by atoms with van der Waals surface area (Å²) >= 11 is 0. The minimum Gasteiger partial charge on any atom is -0.384 e. The van der Waals surface area contributed by atoms with Gasteiger partial charge < -0.3 is 5.32 Å². The molecule has 0 radical (unpaired) electrons. The topological polar surface area (TPSA) is 58.2 Å². The van der Waals surface area contributed by atoms with Gasteiger partial charge in [-0.15, -0.1) is 0 Å². The van der Waals surface area contributed by atoms with Crippen molar-refractivity contribution in [3.05, 3.63) is 23.8 Å². The molecule has 2 N–H and O–H groups in total. The monoisotopic (exact) mass is 294 g/mol. The van der Waals surface area contributed by atoms with Gasteiger partial charge in [-0.3, -0.25) is 4.72 Å². The van der Waals surface area contributed by atoms with Crippen molar-refractivity contribution in [2.45, 2.75) is 38.0 Å². The number of fused-ring (bicyclic) bond motifs is 2. The second-order valence-corrected chi connectivity index (χ2v) is 8.20. The molecule has 1 aliphatic carbocycles. The molecule has 1 aromatic rings. The highest BCUT2D eigenvalue weighted by Crippen LogP contribution is 2.48. The minimum atomic E-state index is -3.22. The van der Waals surface area contributed by atoms with Gasteiger partial charge in [-0.05, 0) is 55.4 Å². The number of benzene rings is 1. The Bertz CT molecular complexity index is 617. The van der Waals surface area contributed by atoms with Gasteiger partial charge in [0.25, 0.3) is 0 Å². The third-order valence-electron chi connectivity index (χ3n) is 4.74. The maximum absolute atomic E-state index is 11.4. The Kier molecular flexibility index (Phi) is 3.20. The molecule has 1 spiro atoms. The van der Waals surface area contributed by atoms with Gasteiger partial charge in [0.2, 0.25) is 10.0 Å². The molecule has 2 aliphatic rings. The molecule has 3 rings (SSSR count). The highest BCUT2D eigenvalue weighted by molar-refractivity contribution is 7.92. The number of anilines is 2. The molecule has 0 atom stereocenters. The van der Waals surface area contributed by atoms with Crippen molar-refractivity contribution < 1.29 is 8.42 Å². The van der Waals surface area contributed by atoms with Crippen LogP contribution in [-0.2, 0) is 15.4 Å². The highest BCUT2D eigenvalue weighted by Gasteiger charge is 2.41. The molecule has 0 amide bonds. The standard InChI is InChI=1S/C15H22N2O2S/c1-11-5-7-15(8-6-11)10-16-14-4-3-12(9-13(14)15)17-20(2,18)19/h3-4,9,11,16-17H,5-8,10H2,1-2H3. The molecule has 0 saturated heterocycles. The van der Waals surface area contributed by atoms with E-state index >= 15 is 0 Å². The van der Waals surface area contributed by atoms with Crippen molar-refractivity contribution in [3.8, 4) is 0 Å². The SMILES string of the molecule is CC1CCC2(CC1)CNc1ccc(NS(C)(=O)=O)cc12. The molecule has 5 heteroatoms. The van der Waals surface area contributed by atoms with E-state index in [-0.39, 0.29) is 5.41 Å². The van der Waals surface area contributed by atoms with Crippen LogP contribution in [0.15, 0.2) is 18.2 Å². The van der Waals surface area contributed by atoms with Crippen LogP contribution in [0.1, 0.15) is 38.2 Å². The van der Waals surface area contributed by atoms with E-state index in [1.54, 1.807) is 0 Å². The molecule has 20 heavy (non-hydrogen) atoms. The van der Waals surface area contributed by atoms with Gasteiger partial charge in [0.1, 0.15) is 0 Å².